The third-order valence-corrected chi connectivity index (χ3v) is 5.89. The van der Waals surface area contributed by atoms with Crippen molar-refractivity contribution in [3.8, 4) is 0 Å². The molecule has 0 fully saturated rings. The number of fused-ring (bicyclic) bond motifs is 1. The number of aromatic nitrogens is 2. The standard InChI is InChI=1S/C21H19N5O3S/c22-15-10-12-17(13-11-15)30(28,29)23-14-20-24-19-9-5-4-8-18(19)21(27)26(20)25-16-6-2-1-3-7-16/h1-13,23,25H,14,22H2. The summed E-state index contributed by atoms with van der Waals surface area (Å²) in [4.78, 5) is 17.6. The van der Waals surface area contributed by atoms with Crippen molar-refractivity contribution in [1.82, 2.24) is 14.4 Å². The Balaban J connectivity index is 1.72. The van der Waals surface area contributed by atoms with Crippen LogP contribution >= 0.6 is 0 Å². The fraction of sp³-hybridized carbons (Fsp3) is 0.0476. The Morgan fingerprint density at radius 2 is 1.57 bits per heavy atom. The van der Waals surface area contributed by atoms with Gasteiger partial charge < -0.3 is 5.73 Å². The van der Waals surface area contributed by atoms with E-state index in [4.69, 9.17) is 5.73 Å². The monoisotopic (exact) mass is 421 g/mol. The lowest BCUT2D eigenvalue weighted by Gasteiger charge is -2.16. The average molecular weight is 421 g/mol. The highest BCUT2D eigenvalue weighted by atomic mass is 32.2. The summed E-state index contributed by atoms with van der Waals surface area (Å²) in [6, 6.07) is 21.9. The van der Waals surface area contributed by atoms with Gasteiger partial charge in [-0.05, 0) is 48.5 Å². The quantitative estimate of drug-likeness (QED) is 0.411. The van der Waals surface area contributed by atoms with E-state index in [1.807, 2.05) is 18.2 Å². The van der Waals surface area contributed by atoms with E-state index in [2.05, 4.69) is 15.1 Å². The zero-order chi connectivity index (χ0) is 21.1. The zero-order valence-corrected chi connectivity index (χ0v) is 16.6. The van der Waals surface area contributed by atoms with Crippen molar-refractivity contribution in [2.24, 2.45) is 0 Å². The number of rotatable bonds is 6. The fourth-order valence-electron chi connectivity index (χ4n) is 2.94. The lowest BCUT2D eigenvalue weighted by molar-refractivity contribution is 0.577. The highest BCUT2D eigenvalue weighted by molar-refractivity contribution is 7.89. The second kappa shape index (κ2) is 7.97. The molecule has 30 heavy (non-hydrogen) atoms. The minimum Gasteiger partial charge on any atom is -0.399 e. The van der Waals surface area contributed by atoms with Crippen molar-refractivity contribution in [1.29, 1.82) is 0 Å². The molecule has 152 valence electrons. The van der Waals surface area contributed by atoms with Crippen molar-refractivity contribution in [3.05, 3.63) is 95.0 Å². The Kier molecular flexibility index (Phi) is 5.21. The summed E-state index contributed by atoms with van der Waals surface area (Å²) >= 11 is 0. The van der Waals surface area contributed by atoms with Crippen LogP contribution in [0.15, 0.2) is 88.6 Å². The van der Waals surface area contributed by atoms with Gasteiger partial charge in [0.25, 0.3) is 5.56 Å². The van der Waals surface area contributed by atoms with Crippen LogP contribution in [-0.4, -0.2) is 18.1 Å². The molecular weight excluding hydrogens is 402 g/mol. The Bertz CT molecular complexity index is 1350. The van der Waals surface area contributed by atoms with Crippen LogP contribution in [0.1, 0.15) is 5.82 Å². The van der Waals surface area contributed by atoms with Crippen LogP contribution in [0.2, 0.25) is 0 Å². The molecule has 0 aliphatic heterocycles. The number of nitrogens with zero attached hydrogens (tertiary/aromatic N) is 2. The first-order valence-electron chi connectivity index (χ1n) is 9.12. The molecule has 0 unspecified atom stereocenters. The smallest absolute Gasteiger partial charge is 0.280 e. The molecular formula is C21H19N5O3S. The van der Waals surface area contributed by atoms with Crippen molar-refractivity contribution < 1.29 is 8.42 Å². The fourth-order valence-corrected chi connectivity index (χ4v) is 3.92. The Morgan fingerprint density at radius 3 is 2.30 bits per heavy atom. The number of anilines is 2. The molecule has 9 heteroatoms. The van der Waals surface area contributed by atoms with Crippen LogP contribution in [0.3, 0.4) is 0 Å². The lowest BCUT2D eigenvalue weighted by atomic mass is 10.2. The molecule has 0 saturated heterocycles. The van der Waals surface area contributed by atoms with Crippen molar-refractivity contribution in [3.63, 3.8) is 0 Å². The second-order valence-corrected chi connectivity index (χ2v) is 8.32. The van der Waals surface area contributed by atoms with Gasteiger partial charge in [0.2, 0.25) is 10.0 Å². The van der Waals surface area contributed by atoms with Gasteiger partial charge in [0.15, 0.2) is 0 Å². The van der Waals surface area contributed by atoms with Gasteiger partial charge in [0.1, 0.15) is 5.82 Å². The molecule has 0 aliphatic rings. The molecule has 1 heterocycles. The van der Waals surface area contributed by atoms with Gasteiger partial charge in [-0.15, -0.1) is 0 Å². The van der Waals surface area contributed by atoms with Crippen LogP contribution in [-0.2, 0) is 16.6 Å². The number of hydrogen-bond donors (Lipinski definition) is 3. The topological polar surface area (TPSA) is 119 Å². The summed E-state index contributed by atoms with van der Waals surface area (Å²) < 4.78 is 29.0. The van der Waals surface area contributed by atoms with E-state index < -0.39 is 10.0 Å². The largest absolute Gasteiger partial charge is 0.399 e. The number of hydrogen-bond acceptors (Lipinski definition) is 6. The molecule has 0 bridgehead atoms. The third kappa shape index (κ3) is 4.02. The second-order valence-electron chi connectivity index (χ2n) is 6.56. The molecule has 8 nitrogen and oxygen atoms in total. The Hall–Kier alpha value is -3.69. The van der Waals surface area contributed by atoms with Crippen LogP contribution in [0.4, 0.5) is 11.4 Å². The minimum absolute atomic E-state index is 0.0717. The summed E-state index contributed by atoms with van der Waals surface area (Å²) in [5, 5.41) is 0.422. The summed E-state index contributed by atoms with van der Waals surface area (Å²) in [7, 11) is -3.82. The molecule has 0 radical (unpaired) electrons. The molecule has 4 aromatic rings. The van der Waals surface area contributed by atoms with Gasteiger partial charge in [-0.25, -0.2) is 22.8 Å². The SMILES string of the molecule is Nc1ccc(S(=O)(=O)NCc2nc3ccccc3c(=O)n2Nc2ccccc2)cc1. The van der Waals surface area contributed by atoms with Gasteiger partial charge in [0.05, 0.1) is 28.0 Å². The summed E-state index contributed by atoms with van der Waals surface area (Å²) in [5.41, 5.74) is 9.92. The van der Waals surface area contributed by atoms with E-state index in [-0.39, 0.29) is 22.8 Å². The zero-order valence-electron chi connectivity index (χ0n) is 15.8. The van der Waals surface area contributed by atoms with Crippen molar-refractivity contribution in [2.75, 3.05) is 11.2 Å². The predicted molar refractivity (Wildman–Crippen MR) is 116 cm³/mol. The van der Waals surface area contributed by atoms with Crippen molar-refractivity contribution in [2.45, 2.75) is 11.4 Å². The molecule has 0 aliphatic carbocycles. The first-order valence-corrected chi connectivity index (χ1v) is 10.6. The number of sulfonamides is 1. The normalized spacial score (nSPS) is 11.5. The van der Waals surface area contributed by atoms with E-state index in [1.165, 1.54) is 28.9 Å². The first-order chi connectivity index (χ1) is 14.4. The highest BCUT2D eigenvalue weighted by Crippen LogP contribution is 2.14. The Morgan fingerprint density at radius 1 is 0.900 bits per heavy atom. The molecule has 3 aromatic carbocycles. The molecule has 0 saturated carbocycles. The number of nitrogens with one attached hydrogen (secondary N) is 2. The lowest BCUT2D eigenvalue weighted by Crippen LogP contribution is -2.34. The maximum absolute atomic E-state index is 13.1. The predicted octanol–water partition coefficient (Wildman–Crippen LogP) is 2.33. The molecule has 0 amide bonds. The average Bonchev–Trinajstić information content (AvgIpc) is 2.76. The summed E-state index contributed by atoms with van der Waals surface area (Å²) in [5.74, 6) is 0.224. The third-order valence-electron chi connectivity index (χ3n) is 4.47. The molecule has 1 aromatic heterocycles. The van der Waals surface area contributed by atoms with Crippen LogP contribution in [0.25, 0.3) is 10.9 Å². The van der Waals surface area contributed by atoms with Gasteiger partial charge in [-0.1, -0.05) is 30.3 Å². The molecule has 4 N–H and O–H groups in total. The van der Waals surface area contributed by atoms with Crippen LogP contribution in [0.5, 0.6) is 0 Å². The number of nitrogens with two attached hydrogens (primary N) is 1. The molecule has 0 spiro atoms. The Labute approximate surface area is 173 Å². The number of para-hydroxylation sites is 2. The van der Waals surface area contributed by atoms with Crippen LogP contribution in [0, 0.1) is 0 Å². The molecule has 0 atom stereocenters. The van der Waals surface area contributed by atoms with Crippen LogP contribution < -0.4 is 21.4 Å². The first kappa shape index (κ1) is 19.6. The van der Waals surface area contributed by atoms with Crippen molar-refractivity contribution >= 4 is 32.3 Å². The minimum atomic E-state index is -3.82. The van der Waals surface area contributed by atoms with E-state index >= 15 is 0 Å². The maximum Gasteiger partial charge on any atom is 0.280 e. The van der Waals surface area contributed by atoms with E-state index in [0.29, 0.717) is 22.3 Å². The van der Waals surface area contributed by atoms with E-state index in [0.717, 1.165) is 0 Å². The van der Waals surface area contributed by atoms with E-state index in [9.17, 15) is 13.2 Å². The van der Waals surface area contributed by atoms with Gasteiger partial charge in [-0.3, -0.25) is 10.2 Å². The highest BCUT2D eigenvalue weighted by Gasteiger charge is 2.17. The summed E-state index contributed by atoms with van der Waals surface area (Å²) in [6.45, 7) is -0.188. The molecule has 4 rings (SSSR count). The van der Waals surface area contributed by atoms with E-state index in [1.54, 1.807) is 36.4 Å². The van der Waals surface area contributed by atoms with Gasteiger partial charge >= 0.3 is 0 Å². The van der Waals surface area contributed by atoms with Gasteiger partial charge in [0, 0.05) is 5.69 Å². The number of nitrogen functional groups attached to an aromatic ring is 1. The number of benzene rings is 3. The van der Waals surface area contributed by atoms with Gasteiger partial charge in [-0.2, -0.15) is 0 Å². The maximum atomic E-state index is 13.1. The summed E-state index contributed by atoms with van der Waals surface area (Å²) in [6.07, 6.45) is 0.